The summed E-state index contributed by atoms with van der Waals surface area (Å²) >= 11 is 0. The fraction of sp³-hybridized carbons (Fsp3) is 0.429. The molecule has 0 N–H and O–H groups in total. The highest BCUT2D eigenvalue weighted by molar-refractivity contribution is 6.01. The van der Waals surface area contributed by atoms with Gasteiger partial charge < -0.3 is 14.1 Å². The van der Waals surface area contributed by atoms with Crippen LogP contribution in [0, 0.1) is 20.8 Å². The maximum Gasteiger partial charge on any atom is 0.289 e. The molecule has 2 aliphatic heterocycles. The molecule has 1 aromatic heterocycles. The van der Waals surface area contributed by atoms with Gasteiger partial charge in [0.15, 0.2) is 11.5 Å². The molecule has 1 aromatic carbocycles. The molecule has 136 valence electrons. The molecule has 0 bridgehead atoms. The molecular formula is C21H23NO4. The molecule has 3 heterocycles. The first-order valence-electron chi connectivity index (χ1n) is 9.06. The number of hydrogen-bond donors (Lipinski definition) is 0. The van der Waals surface area contributed by atoms with Crippen LogP contribution < -0.4 is 4.74 Å². The van der Waals surface area contributed by atoms with Gasteiger partial charge in [0.05, 0.1) is 12.0 Å². The number of aryl methyl sites for hydroxylation is 3. The molecule has 1 amide bonds. The van der Waals surface area contributed by atoms with Crippen LogP contribution in [0.25, 0.3) is 0 Å². The van der Waals surface area contributed by atoms with E-state index in [0.29, 0.717) is 49.4 Å². The number of likely N-dealkylation sites (tertiary alicyclic amines) is 1. The predicted octanol–water partition coefficient (Wildman–Crippen LogP) is 3.85. The summed E-state index contributed by atoms with van der Waals surface area (Å²) in [5, 5.41) is 0. The smallest absolute Gasteiger partial charge is 0.289 e. The maximum atomic E-state index is 12.7. The van der Waals surface area contributed by atoms with Gasteiger partial charge in [0.2, 0.25) is 0 Å². The van der Waals surface area contributed by atoms with Crippen LogP contribution in [0.3, 0.4) is 0 Å². The minimum atomic E-state index is -0.500. The van der Waals surface area contributed by atoms with E-state index in [-0.39, 0.29) is 11.7 Å². The molecule has 0 aliphatic carbocycles. The number of ether oxygens (including phenoxy) is 1. The van der Waals surface area contributed by atoms with Gasteiger partial charge in [0, 0.05) is 25.9 Å². The van der Waals surface area contributed by atoms with E-state index in [9.17, 15) is 9.59 Å². The van der Waals surface area contributed by atoms with Crippen LogP contribution in [0.5, 0.6) is 5.75 Å². The number of carbonyl (C=O) groups excluding carboxylic acids is 2. The van der Waals surface area contributed by atoms with Crippen LogP contribution >= 0.6 is 0 Å². The number of rotatable bonds is 1. The molecular weight excluding hydrogens is 330 g/mol. The lowest BCUT2D eigenvalue weighted by molar-refractivity contribution is -0.00692. The second-order valence-electron chi connectivity index (χ2n) is 7.55. The van der Waals surface area contributed by atoms with E-state index >= 15 is 0 Å². The molecule has 1 spiro atoms. The molecule has 1 saturated heterocycles. The number of Topliss-reactive ketones (excluding diaryl/α,β-unsaturated/α-hetero) is 1. The Morgan fingerprint density at radius 3 is 2.50 bits per heavy atom. The SMILES string of the molecule is Cc1cc(C)c2c(c1)C(=O)CC1(CCN(C(=O)c3ccc(C)o3)CC1)O2. The lowest BCUT2D eigenvalue weighted by Gasteiger charge is -2.44. The van der Waals surface area contributed by atoms with Crippen molar-refractivity contribution in [3.8, 4) is 5.75 Å². The number of ketones is 1. The van der Waals surface area contributed by atoms with E-state index in [1.54, 1.807) is 17.0 Å². The van der Waals surface area contributed by atoms with Crippen LogP contribution in [0.2, 0.25) is 0 Å². The molecule has 0 atom stereocenters. The van der Waals surface area contributed by atoms with Gasteiger partial charge in [0.1, 0.15) is 17.1 Å². The number of fused-ring (bicyclic) bond motifs is 1. The molecule has 1 fully saturated rings. The van der Waals surface area contributed by atoms with Gasteiger partial charge in [-0.25, -0.2) is 0 Å². The number of amides is 1. The quantitative estimate of drug-likeness (QED) is 0.781. The van der Waals surface area contributed by atoms with Gasteiger partial charge in [-0.05, 0) is 50.1 Å². The third-order valence-corrected chi connectivity index (χ3v) is 5.43. The molecule has 0 saturated carbocycles. The minimum Gasteiger partial charge on any atom is -0.486 e. The molecule has 0 unspecified atom stereocenters. The highest BCUT2D eigenvalue weighted by Crippen LogP contribution is 2.41. The van der Waals surface area contributed by atoms with Crippen molar-refractivity contribution in [1.82, 2.24) is 4.90 Å². The van der Waals surface area contributed by atoms with E-state index in [1.165, 1.54) is 0 Å². The number of carbonyl (C=O) groups is 2. The molecule has 2 aliphatic rings. The van der Waals surface area contributed by atoms with Gasteiger partial charge in [-0.1, -0.05) is 6.07 Å². The lowest BCUT2D eigenvalue weighted by Crippen LogP contribution is -2.52. The Labute approximate surface area is 152 Å². The summed E-state index contributed by atoms with van der Waals surface area (Å²) in [7, 11) is 0. The Morgan fingerprint density at radius 1 is 1.12 bits per heavy atom. The average Bonchev–Trinajstić information content (AvgIpc) is 3.03. The zero-order valence-corrected chi connectivity index (χ0v) is 15.4. The maximum absolute atomic E-state index is 12.7. The zero-order chi connectivity index (χ0) is 18.5. The van der Waals surface area contributed by atoms with E-state index in [1.807, 2.05) is 32.9 Å². The second kappa shape index (κ2) is 6.01. The van der Waals surface area contributed by atoms with Crippen LogP contribution in [0.1, 0.15) is 57.1 Å². The van der Waals surface area contributed by atoms with Gasteiger partial charge >= 0.3 is 0 Å². The van der Waals surface area contributed by atoms with E-state index in [4.69, 9.17) is 9.15 Å². The monoisotopic (exact) mass is 353 g/mol. The normalized spacial score (nSPS) is 18.6. The van der Waals surface area contributed by atoms with Crippen LogP contribution in [-0.2, 0) is 0 Å². The van der Waals surface area contributed by atoms with E-state index in [0.717, 1.165) is 16.9 Å². The van der Waals surface area contributed by atoms with Gasteiger partial charge in [-0.2, -0.15) is 0 Å². The summed E-state index contributed by atoms with van der Waals surface area (Å²) in [6, 6.07) is 7.46. The highest BCUT2D eigenvalue weighted by Gasteiger charge is 2.44. The summed E-state index contributed by atoms with van der Waals surface area (Å²) in [5.74, 6) is 1.86. The van der Waals surface area contributed by atoms with E-state index in [2.05, 4.69) is 0 Å². The number of benzene rings is 1. The first-order valence-corrected chi connectivity index (χ1v) is 9.06. The van der Waals surface area contributed by atoms with Crippen molar-refractivity contribution in [2.75, 3.05) is 13.1 Å². The van der Waals surface area contributed by atoms with Crippen molar-refractivity contribution in [1.29, 1.82) is 0 Å². The summed E-state index contributed by atoms with van der Waals surface area (Å²) in [5.41, 5.74) is 2.26. The Hall–Kier alpha value is -2.56. The Balaban J connectivity index is 1.52. The molecule has 5 heteroatoms. The number of hydrogen-bond acceptors (Lipinski definition) is 4. The topological polar surface area (TPSA) is 59.8 Å². The van der Waals surface area contributed by atoms with Gasteiger partial charge in [0.25, 0.3) is 5.91 Å². The average molecular weight is 353 g/mol. The summed E-state index contributed by atoms with van der Waals surface area (Å²) < 4.78 is 11.8. The van der Waals surface area contributed by atoms with Crippen LogP contribution in [0.4, 0.5) is 0 Å². The lowest BCUT2D eigenvalue weighted by atomic mass is 9.81. The largest absolute Gasteiger partial charge is 0.486 e. The number of furan rings is 1. The van der Waals surface area contributed by atoms with Gasteiger partial charge in [-0.15, -0.1) is 0 Å². The van der Waals surface area contributed by atoms with Crippen molar-refractivity contribution in [3.63, 3.8) is 0 Å². The summed E-state index contributed by atoms with van der Waals surface area (Å²) in [6.45, 7) is 6.92. The van der Waals surface area contributed by atoms with Crippen LogP contribution in [0.15, 0.2) is 28.7 Å². The molecule has 0 radical (unpaired) electrons. The predicted molar refractivity (Wildman–Crippen MR) is 96.8 cm³/mol. The first-order chi connectivity index (χ1) is 12.4. The Morgan fingerprint density at radius 2 is 1.85 bits per heavy atom. The second-order valence-corrected chi connectivity index (χ2v) is 7.55. The van der Waals surface area contributed by atoms with E-state index < -0.39 is 5.60 Å². The fourth-order valence-electron chi connectivity index (χ4n) is 4.04. The van der Waals surface area contributed by atoms with Crippen molar-refractivity contribution in [2.24, 2.45) is 0 Å². The Bertz CT molecular complexity index is 887. The van der Waals surface area contributed by atoms with Crippen molar-refractivity contribution in [3.05, 3.63) is 52.5 Å². The summed E-state index contributed by atoms with van der Waals surface area (Å²) in [6.07, 6.45) is 1.68. The zero-order valence-electron chi connectivity index (χ0n) is 15.4. The van der Waals surface area contributed by atoms with Crippen molar-refractivity contribution >= 4 is 11.7 Å². The number of nitrogens with zero attached hydrogens (tertiary/aromatic N) is 1. The third-order valence-electron chi connectivity index (χ3n) is 5.43. The fourth-order valence-corrected chi connectivity index (χ4v) is 4.04. The minimum absolute atomic E-state index is 0.0951. The molecule has 5 nitrogen and oxygen atoms in total. The standard InChI is InChI=1S/C21H23NO4/c1-13-10-14(2)19-16(11-13)17(23)12-21(26-19)6-8-22(9-7-21)20(24)18-5-4-15(3)25-18/h4-5,10-11H,6-9,12H2,1-3H3. The Kier molecular flexibility index (Phi) is 3.90. The highest BCUT2D eigenvalue weighted by atomic mass is 16.5. The van der Waals surface area contributed by atoms with Gasteiger partial charge in [-0.3, -0.25) is 9.59 Å². The first kappa shape index (κ1) is 16.9. The third kappa shape index (κ3) is 2.81. The molecule has 26 heavy (non-hydrogen) atoms. The summed E-state index contributed by atoms with van der Waals surface area (Å²) in [4.78, 5) is 27.1. The number of piperidine rings is 1. The molecule has 4 rings (SSSR count). The molecule has 2 aromatic rings. The van der Waals surface area contributed by atoms with Crippen molar-refractivity contribution < 1.29 is 18.7 Å². The van der Waals surface area contributed by atoms with Crippen molar-refractivity contribution in [2.45, 2.75) is 45.6 Å². The van der Waals surface area contributed by atoms with Crippen LogP contribution in [-0.4, -0.2) is 35.3 Å².